The van der Waals surface area contributed by atoms with E-state index in [0.717, 1.165) is 71.3 Å². The van der Waals surface area contributed by atoms with Gasteiger partial charge in [-0.15, -0.1) is 0 Å². The molecule has 0 bridgehead atoms. The number of hydrogen-bond donors (Lipinski definition) is 2. The van der Waals surface area contributed by atoms with Crippen LogP contribution in [0.25, 0.3) is 0 Å². The number of aliphatic hydroxyl groups is 1. The van der Waals surface area contributed by atoms with Gasteiger partial charge < -0.3 is 24.5 Å². The monoisotopic (exact) mass is 448 g/mol. The topological polar surface area (TPSA) is 93.1 Å². The third-order valence-electron chi connectivity index (χ3n) is 9.28. The van der Waals surface area contributed by atoms with E-state index < -0.39 is 5.97 Å². The van der Waals surface area contributed by atoms with Crippen molar-refractivity contribution >= 4 is 12.3 Å². The van der Waals surface area contributed by atoms with Gasteiger partial charge in [-0.05, 0) is 93.8 Å². The van der Waals surface area contributed by atoms with Gasteiger partial charge in [0.2, 0.25) is 0 Å². The van der Waals surface area contributed by atoms with Crippen LogP contribution in [0.2, 0.25) is 0 Å². The molecule has 180 valence electrons. The maximum Gasteiger partial charge on any atom is 0.300 e. The Morgan fingerprint density at radius 1 is 1.19 bits per heavy atom. The highest BCUT2D eigenvalue weighted by Crippen LogP contribution is 2.65. The van der Waals surface area contributed by atoms with Crippen LogP contribution in [0, 0.1) is 28.6 Å². The first-order valence-corrected chi connectivity index (χ1v) is 12.6. The zero-order valence-corrected chi connectivity index (χ0v) is 19.6. The Kier molecular flexibility index (Phi) is 7.14. The van der Waals surface area contributed by atoms with E-state index >= 15 is 0 Å². The molecule has 0 aromatic carbocycles. The van der Waals surface area contributed by atoms with Crippen LogP contribution in [-0.2, 0) is 19.1 Å². The van der Waals surface area contributed by atoms with E-state index in [1.807, 2.05) is 0 Å². The van der Waals surface area contributed by atoms with Gasteiger partial charge >= 0.3 is 0 Å². The molecule has 6 heteroatoms. The third-order valence-corrected chi connectivity index (χ3v) is 9.28. The van der Waals surface area contributed by atoms with Crippen molar-refractivity contribution in [2.45, 2.75) is 103 Å². The minimum Gasteiger partial charge on any atom is -0.481 e. The molecule has 4 fully saturated rings. The van der Waals surface area contributed by atoms with Crippen LogP contribution in [0.5, 0.6) is 0 Å². The Bertz CT molecular complexity index is 724. The van der Waals surface area contributed by atoms with Gasteiger partial charge in [-0.3, -0.25) is 4.79 Å². The second-order valence-electron chi connectivity index (χ2n) is 11.0. The number of aldehydes is 1. The van der Waals surface area contributed by atoms with Gasteiger partial charge in [-0.2, -0.15) is 0 Å². The number of ether oxygens (including phenoxy) is 2. The van der Waals surface area contributed by atoms with E-state index in [-0.39, 0.29) is 29.3 Å². The number of rotatable bonds is 3. The predicted octanol–water partition coefficient (Wildman–Crippen LogP) is 4.49. The lowest BCUT2D eigenvalue weighted by molar-refractivity contribution is -0.198. The number of carbonyl (C=O) groups excluding carboxylic acids is 1. The van der Waals surface area contributed by atoms with Crippen LogP contribution >= 0.6 is 0 Å². The van der Waals surface area contributed by atoms with E-state index in [4.69, 9.17) is 19.4 Å². The molecule has 0 amide bonds. The van der Waals surface area contributed by atoms with Crippen LogP contribution in [0.3, 0.4) is 0 Å². The van der Waals surface area contributed by atoms with Gasteiger partial charge in [0, 0.05) is 13.5 Å². The van der Waals surface area contributed by atoms with E-state index in [9.17, 15) is 9.90 Å². The molecular formula is C26H40O6. The van der Waals surface area contributed by atoms with Crippen molar-refractivity contribution in [1.82, 2.24) is 0 Å². The summed E-state index contributed by atoms with van der Waals surface area (Å²) >= 11 is 0. The van der Waals surface area contributed by atoms with E-state index in [0.29, 0.717) is 17.8 Å². The minimum atomic E-state index is -0.833. The first kappa shape index (κ1) is 23.9. The molecule has 3 saturated carbocycles. The van der Waals surface area contributed by atoms with Crippen molar-refractivity contribution in [3.05, 3.63) is 11.6 Å². The zero-order chi connectivity index (χ0) is 22.9. The lowest BCUT2D eigenvalue weighted by Crippen LogP contribution is -2.54. The summed E-state index contributed by atoms with van der Waals surface area (Å²) in [5.41, 5.74) is 1.11. The second kappa shape index (κ2) is 9.55. The minimum absolute atomic E-state index is 0.0625. The van der Waals surface area contributed by atoms with E-state index in [1.54, 1.807) is 0 Å². The molecule has 6 nitrogen and oxygen atoms in total. The average molecular weight is 449 g/mol. The van der Waals surface area contributed by atoms with Crippen molar-refractivity contribution < 1.29 is 29.3 Å². The molecule has 5 rings (SSSR count). The molecule has 1 heterocycles. The van der Waals surface area contributed by atoms with Crippen molar-refractivity contribution in [2.24, 2.45) is 28.6 Å². The highest BCUT2D eigenvalue weighted by atomic mass is 16.7. The van der Waals surface area contributed by atoms with Crippen molar-refractivity contribution in [1.29, 1.82) is 0 Å². The molecular weight excluding hydrogens is 408 g/mol. The fourth-order valence-electron chi connectivity index (χ4n) is 7.75. The molecule has 0 aromatic heterocycles. The van der Waals surface area contributed by atoms with Gasteiger partial charge in [-0.1, -0.05) is 18.6 Å². The quantitative estimate of drug-likeness (QED) is 0.488. The highest BCUT2D eigenvalue weighted by Gasteiger charge is 2.60. The number of carboxylic acids is 1. The summed E-state index contributed by atoms with van der Waals surface area (Å²) in [5.74, 6) is 0.734. The number of hydrogen-bond acceptors (Lipinski definition) is 5. The molecule has 5 unspecified atom stereocenters. The Hall–Kier alpha value is -1.24. The van der Waals surface area contributed by atoms with Crippen molar-refractivity contribution in [3.63, 3.8) is 0 Å². The first-order chi connectivity index (χ1) is 15.3. The predicted molar refractivity (Wildman–Crippen MR) is 120 cm³/mol. The summed E-state index contributed by atoms with van der Waals surface area (Å²) in [6.07, 6.45) is 14.9. The summed E-state index contributed by atoms with van der Waals surface area (Å²) in [6, 6.07) is 0. The van der Waals surface area contributed by atoms with Gasteiger partial charge in [0.05, 0.1) is 17.6 Å². The number of aliphatic carboxylic acids is 1. The van der Waals surface area contributed by atoms with Gasteiger partial charge in [0.25, 0.3) is 5.97 Å². The molecule has 0 radical (unpaired) electrons. The van der Waals surface area contributed by atoms with E-state index in [1.165, 1.54) is 24.7 Å². The molecule has 4 aliphatic carbocycles. The fraction of sp³-hybridized carbons (Fsp3) is 0.846. The smallest absolute Gasteiger partial charge is 0.300 e. The Morgan fingerprint density at radius 3 is 2.66 bits per heavy atom. The molecule has 8 atom stereocenters. The average Bonchev–Trinajstić information content (AvgIpc) is 3.08. The number of carbonyl (C=O) groups is 2. The molecule has 5 aliphatic rings. The Labute approximate surface area is 191 Å². The zero-order valence-electron chi connectivity index (χ0n) is 19.6. The summed E-state index contributed by atoms with van der Waals surface area (Å²) in [6.45, 7) is 4.18. The fourth-order valence-corrected chi connectivity index (χ4v) is 7.75. The molecule has 0 spiro atoms. The lowest BCUT2D eigenvalue weighted by atomic mass is 9.47. The molecule has 0 aromatic rings. The van der Waals surface area contributed by atoms with Crippen LogP contribution in [0.4, 0.5) is 0 Å². The maximum absolute atomic E-state index is 12.7. The third kappa shape index (κ3) is 4.30. The maximum atomic E-state index is 12.7. The van der Waals surface area contributed by atoms with Gasteiger partial charge in [0.15, 0.2) is 6.29 Å². The number of allylic oxidation sites excluding steroid dienone is 1. The summed E-state index contributed by atoms with van der Waals surface area (Å²) in [7, 11) is 0. The Morgan fingerprint density at radius 2 is 1.97 bits per heavy atom. The van der Waals surface area contributed by atoms with Crippen LogP contribution in [0.15, 0.2) is 11.6 Å². The summed E-state index contributed by atoms with van der Waals surface area (Å²) in [4.78, 5) is 21.7. The van der Waals surface area contributed by atoms with Crippen LogP contribution in [-0.4, -0.2) is 47.6 Å². The van der Waals surface area contributed by atoms with Crippen molar-refractivity contribution in [3.8, 4) is 0 Å². The highest BCUT2D eigenvalue weighted by molar-refractivity contribution is 5.67. The first-order valence-electron chi connectivity index (χ1n) is 12.6. The second-order valence-corrected chi connectivity index (χ2v) is 11.0. The lowest BCUT2D eigenvalue weighted by Gasteiger charge is -2.57. The van der Waals surface area contributed by atoms with Gasteiger partial charge in [0.1, 0.15) is 6.29 Å². The molecule has 1 saturated heterocycles. The van der Waals surface area contributed by atoms with E-state index in [2.05, 4.69) is 13.0 Å². The van der Waals surface area contributed by atoms with Crippen LogP contribution in [0.1, 0.15) is 84.5 Å². The number of fused-ring (bicyclic) bond motifs is 5. The van der Waals surface area contributed by atoms with Gasteiger partial charge in [-0.25, -0.2) is 0 Å². The summed E-state index contributed by atoms with van der Waals surface area (Å²) in [5, 5.41) is 18.1. The Balaban J connectivity index is 0.000000567. The molecule has 2 N–H and O–H groups in total. The molecule has 1 aliphatic heterocycles. The van der Waals surface area contributed by atoms with Crippen LogP contribution < -0.4 is 0 Å². The SMILES string of the molecule is CC(=O)O.C[C@]12CCC3C(CCC4=CCC(OC5CCCCO5)C[C@@]43C=O)C1CC[C@@H]2O. The summed E-state index contributed by atoms with van der Waals surface area (Å²) < 4.78 is 12.2. The van der Waals surface area contributed by atoms with Crippen molar-refractivity contribution in [2.75, 3.05) is 6.61 Å². The largest absolute Gasteiger partial charge is 0.481 e. The number of aliphatic hydroxyl groups excluding tert-OH is 1. The molecule has 32 heavy (non-hydrogen) atoms. The number of carboxylic acid groups (broad SMARTS) is 1. The normalized spacial score (nSPS) is 45.3. The standard InChI is InChI=1S/C24H36O4.C2H4O2/c1-23-12-11-20-18(19(23)9-10-21(23)26)8-6-16-5-7-17(14-24(16,20)15-25)28-22-4-2-3-13-27-22;1-2(3)4/h5,15,17-22,26H,2-4,6-14H2,1H3;1H3,(H,3,4)/t17?,18?,19?,20?,21-,22?,23-,24+;/m0./s1.